The van der Waals surface area contributed by atoms with E-state index in [4.69, 9.17) is 0 Å². The van der Waals surface area contributed by atoms with Crippen LogP contribution in [0, 0.1) is 6.92 Å². The lowest BCUT2D eigenvalue weighted by molar-refractivity contribution is 0.738. The molecule has 0 amide bonds. The first-order valence-electron chi connectivity index (χ1n) is 6.01. The molecule has 0 unspecified atom stereocenters. The Balaban J connectivity index is 2.00. The first kappa shape index (κ1) is 11.7. The van der Waals surface area contributed by atoms with Gasteiger partial charge in [-0.05, 0) is 31.0 Å². The number of hydrogen-bond acceptors (Lipinski definition) is 2. The fourth-order valence-corrected chi connectivity index (χ4v) is 1.77. The Morgan fingerprint density at radius 2 is 1.94 bits per heavy atom. The Labute approximate surface area is 102 Å². The Morgan fingerprint density at radius 1 is 1.24 bits per heavy atom. The van der Waals surface area contributed by atoms with Gasteiger partial charge in [0.25, 0.3) is 0 Å². The molecule has 0 atom stereocenters. The van der Waals surface area contributed by atoms with Gasteiger partial charge in [0.05, 0.1) is 6.20 Å². The third kappa shape index (κ3) is 2.67. The minimum Gasteiger partial charge on any atom is -0.381 e. The zero-order valence-electron chi connectivity index (χ0n) is 10.7. The van der Waals surface area contributed by atoms with E-state index < -0.39 is 0 Å². The van der Waals surface area contributed by atoms with E-state index in [2.05, 4.69) is 48.5 Å². The van der Waals surface area contributed by atoms with Gasteiger partial charge in [-0.2, -0.15) is 5.10 Å². The predicted octanol–water partition coefficient (Wildman–Crippen LogP) is 2.90. The van der Waals surface area contributed by atoms with E-state index in [0.29, 0.717) is 0 Å². The molecule has 3 heteroatoms. The summed E-state index contributed by atoms with van der Waals surface area (Å²) in [6.45, 7) is 5.08. The van der Waals surface area contributed by atoms with Gasteiger partial charge < -0.3 is 5.32 Å². The molecule has 0 aliphatic heterocycles. The third-order valence-electron chi connectivity index (χ3n) is 3.18. The van der Waals surface area contributed by atoms with Crippen LogP contribution in [0.2, 0.25) is 0 Å². The zero-order valence-corrected chi connectivity index (χ0v) is 10.7. The van der Waals surface area contributed by atoms with Gasteiger partial charge >= 0.3 is 0 Å². The summed E-state index contributed by atoms with van der Waals surface area (Å²) in [6, 6.07) is 8.59. The summed E-state index contributed by atoms with van der Waals surface area (Å²) in [6.07, 6.45) is 3.00. The van der Waals surface area contributed by atoms with Crippen molar-refractivity contribution < 1.29 is 0 Å². The van der Waals surface area contributed by atoms with Crippen molar-refractivity contribution in [1.29, 1.82) is 0 Å². The highest BCUT2D eigenvalue weighted by Gasteiger charge is 2.02. The molecule has 1 aromatic carbocycles. The average Bonchev–Trinajstić information content (AvgIpc) is 2.68. The van der Waals surface area contributed by atoms with Crippen molar-refractivity contribution in [1.82, 2.24) is 9.78 Å². The first-order chi connectivity index (χ1) is 8.20. The minimum atomic E-state index is 0.825. The second kappa shape index (κ2) is 5.04. The highest BCUT2D eigenvalue weighted by atomic mass is 15.3. The van der Waals surface area contributed by atoms with E-state index in [9.17, 15) is 0 Å². The molecule has 1 aromatic heterocycles. The summed E-state index contributed by atoms with van der Waals surface area (Å²) < 4.78 is 1.90. The SMILES string of the molecule is CCc1ccc(NCc2cnn(C)c2C)cc1. The standard InChI is InChI=1S/C14H19N3/c1-4-12-5-7-14(8-6-12)15-9-13-10-16-17(3)11(13)2/h5-8,10,15H,4,9H2,1-3H3. The third-order valence-corrected chi connectivity index (χ3v) is 3.18. The fourth-order valence-electron chi connectivity index (χ4n) is 1.77. The molecule has 0 spiro atoms. The van der Waals surface area contributed by atoms with Crippen molar-refractivity contribution >= 4 is 5.69 Å². The first-order valence-corrected chi connectivity index (χ1v) is 6.01. The van der Waals surface area contributed by atoms with Crippen molar-refractivity contribution in [2.45, 2.75) is 26.8 Å². The summed E-state index contributed by atoms with van der Waals surface area (Å²) in [5.41, 5.74) is 4.98. The van der Waals surface area contributed by atoms with Crippen LogP contribution in [-0.2, 0) is 20.0 Å². The Morgan fingerprint density at radius 3 is 2.47 bits per heavy atom. The van der Waals surface area contributed by atoms with Gasteiger partial charge in [-0.25, -0.2) is 0 Å². The van der Waals surface area contributed by atoms with E-state index in [1.165, 1.54) is 16.8 Å². The smallest absolute Gasteiger partial charge is 0.0542 e. The number of aromatic nitrogens is 2. The molecule has 0 fully saturated rings. The minimum absolute atomic E-state index is 0.825. The molecule has 0 saturated carbocycles. The van der Waals surface area contributed by atoms with E-state index in [0.717, 1.165) is 18.7 Å². The van der Waals surface area contributed by atoms with Crippen molar-refractivity contribution in [3.05, 3.63) is 47.3 Å². The summed E-state index contributed by atoms with van der Waals surface area (Å²) in [7, 11) is 1.97. The quantitative estimate of drug-likeness (QED) is 0.873. The predicted molar refractivity (Wildman–Crippen MR) is 71.1 cm³/mol. The van der Waals surface area contributed by atoms with Gasteiger partial charge in [0.1, 0.15) is 0 Å². The summed E-state index contributed by atoms with van der Waals surface area (Å²) in [5.74, 6) is 0. The van der Waals surface area contributed by atoms with Crippen molar-refractivity contribution in [3.8, 4) is 0 Å². The topological polar surface area (TPSA) is 29.9 Å². The van der Waals surface area contributed by atoms with Gasteiger partial charge in [-0.15, -0.1) is 0 Å². The van der Waals surface area contributed by atoms with Crippen LogP contribution in [0.5, 0.6) is 0 Å². The normalized spacial score (nSPS) is 10.5. The van der Waals surface area contributed by atoms with Crippen LogP contribution in [0.15, 0.2) is 30.5 Å². The monoisotopic (exact) mass is 229 g/mol. The van der Waals surface area contributed by atoms with E-state index in [1.807, 2.05) is 17.9 Å². The molecule has 0 radical (unpaired) electrons. The Kier molecular flexibility index (Phi) is 3.47. The molecular weight excluding hydrogens is 210 g/mol. The summed E-state index contributed by atoms with van der Waals surface area (Å²) in [5, 5.41) is 7.65. The second-order valence-electron chi connectivity index (χ2n) is 4.28. The Bertz CT molecular complexity index is 483. The highest BCUT2D eigenvalue weighted by Crippen LogP contribution is 2.13. The van der Waals surface area contributed by atoms with E-state index >= 15 is 0 Å². The molecule has 0 aliphatic rings. The zero-order chi connectivity index (χ0) is 12.3. The van der Waals surface area contributed by atoms with Crippen LogP contribution in [0.3, 0.4) is 0 Å². The Hall–Kier alpha value is -1.77. The molecule has 3 nitrogen and oxygen atoms in total. The average molecular weight is 229 g/mol. The molecular formula is C14H19N3. The molecule has 90 valence electrons. The van der Waals surface area contributed by atoms with Crippen LogP contribution in [0.1, 0.15) is 23.7 Å². The maximum absolute atomic E-state index is 4.23. The van der Waals surface area contributed by atoms with Crippen molar-refractivity contribution in [2.75, 3.05) is 5.32 Å². The summed E-state index contributed by atoms with van der Waals surface area (Å²) in [4.78, 5) is 0. The second-order valence-corrected chi connectivity index (χ2v) is 4.28. The van der Waals surface area contributed by atoms with E-state index in [-0.39, 0.29) is 0 Å². The molecule has 17 heavy (non-hydrogen) atoms. The van der Waals surface area contributed by atoms with Gasteiger partial charge in [-0.3, -0.25) is 4.68 Å². The van der Waals surface area contributed by atoms with Gasteiger partial charge in [0.15, 0.2) is 0 Å². The highest BCUT2D eigenvalue weighted by molar-refractivity contribution is 5.45. The maximum atomic E-state index is 4.23. The number of rotatable bonds is 4. The molecule has 0 aliphatic carbocycles. The molecule has 2 aromatic rings. The molecule has 0 saturated heterocycles. The van der Waals surface area contributed by atoms with Crippen LogP contribution in [-0.4, -0.2) is 9.78 Å². The maximum Gasteiger partial charge on any atom is 0.0542 e. The van der Waals surface area contributed by atoms with Gasteiger partial charge in [0.2, 0.25) is 0 Å². The van der Waals surface area contributed by atoms with Crippen molar-refractivity contribution in [3.63, 3.8) is 0 Å². The number of nitrogens with zero attached hydrogens (tertiary/aromatic N) is 2. The molecule has 1 heterocycles. The number of nitrogens with one attached hydrogen (secondary N) is 1. The van der Waals surface area contributed by atoms with Crippen LogP contribution in [0.25, 0.3) is 0 Å². The largest absolute Gasteiger partial charge is 0.381 e. The van der Waals surface area contributed by atoms with E-state index in [1.54, 1.807) is 0 Å². The summed E-state index contributed by atoms with van der Waals surface area (Å²) >= 11 is 0. The lowest BCUT2D eigenvalue weighted by Gasteiger charge is -2.06. The van der Waals surface area contributed by atoms with Gasteiger partial charge in [0, 0.05) is 30.5 Å². The number of aryl methyl sites for hydroxylation is 2. The van der Waals surface area contributed by atoms with Gasteiger partial charge in [-0.1, -0.05) is 19.1 Å². The molecule has 0 bridgehead atoms. The number of benzene rings is 1. The fraction of sp³-hybridized carbons (Fsp3) is 0.357. The molecule has 2 rings (SSSR count). The van der Waals surface area contributed by atoms with Crippen molar-refractivity contribution in [2.24, 2.45) is 7.05 Å². The van der Waals surface area contributed by atoms with Crippen LogP contribution in [0.4, 0.5) is 5.69 Å². The lowest BCUT2D eigenvalue weighted by Crippen LogP contribution is -2.01. The number of anilines is 1. The van der Waals surface area contributed by atoms with Crippen LogP contribution < -0.4 is 5.32 Å². The molecule has 1 N–H and O–H groups in total. The lowest BCUT2D eigenvalue weighted by atomic mass is 10.1. The van der Waals surface area contributed by atoms with Crippen LogP contribution >= 0.6 is 0 Å². The number of hydrogen-bond donors (Lipinski definition) is 1.